The average molecular weight is 335 g/mol. The van der Waals surface area contributed by atoms with Gasteiger partial charge in [-0.2, -0.15) is 0 Å². The van der Waals surface area contributed by atoms with Gasteiger partial charge in [-0.15, -0.1) is 0 Å². The summed E-state index contributed by atoms with van der Waals surface area (Å²) in [5.41, 5.74) is 3.16. The number of aromatic amines is 1. The maximum atomic E-state index is 12.4. The highest BCUT2D eigenvalue weighted by Gasteiger charge is 2.29. The van der Waals surface area contributed by atoms with E-state index in [-0.39, 0.29) is 11.3 Å². The maximum absolute atomic E-state index is 12.4. The van der Waals surface area contributed by atoms with Crippen LogP contribution in [0.4, 0.5) is 0 Å². The number of hydrogen-bond donors (Lipinski definition) is 1. The fraction of sp³-hybridized carbons (Fsp3) is 0.100. The third-order valence-corrected chi connectivity index (χ3v) is 3.90. The Morgan fingerprint density at radius 3 is 1.80 bits per heavy atom. The number of aromatic nitrogens is 1. The lowest BCUT2D eigenvalue weighted by Crippen LogP contribution is -2.11. The number of ether oxygens (including phenoxy) is 2. The number of rotatable bonds is 4. The number of methoxy groups -OCH3 is 2. The van der Waals surface area contributed by atoms with Gasteiger partial charge in [-0.3, -0.25) is 0 Å². The van der Waals surface area contributed by atoms with Crippen LogP contribution >= 0.6 is 0 Å². The summed E-state index contributed by atoms with van der Waals surface area (Å²) in [6.07, 6.45) is 0. The summed E-state index contributed by atoms with van der Waals surface area (Å²) >= 11 is 0. The minimum atomic E-state index is -0.625. The van der Waals surface area contributed by atoms with Gasteiger partial charge >= 0.3 is 11.9 Å². The van der Waals surface area contributed by atoms with Crippen molar-refractivity contribution in [3.05, 3.63) is 71.9 Å². The van der Waals surface area contributed by atoms with Gasteiger partial charge in [-0.25, -0.2) is 9.59 Å². The summed E-state index contributed by atoms with van der Waals surface area (Å²) in [6.45, 7) is 0. The summed E-state index contributed by atoms with van der Waals surface area (Å²) in [6, 6.07) is 18.9. The molecule has 5 nitrogen and oxygen atoms in total. The predicted molar refractivity (Wildman–Crippen MR) is 94.3 cm³/mol. The van der Waals surface area contributed by atoms with E-state index in [2.05, 4.69) is 4.98 Å². The van der Waals surface area contributed by atoms with Crippen LogP contribution in [0.3, 0.4) is 0 Å². The maximum Gasteiger partial charge on any atom is 0.355 e. The Hall–Kier alpha value is -3.34. The molecular formula is C20H17NO4. The molecule has 5 heteroatoms. The number of carbonyl (C=O) groups excluding carboxylic acids is 2. The van der Waals surface area contributed by atoms with Crippen molar-refractivity contribution in [2.75, 3.05) is 14.2 Å². The van der Waals surface area contributed by atoms with Crippen molar-refractivity contribution in [3.8, 4) is 22.4 Å². The first-order chi connectivity index (χ1) is 12.2. The first-order valence-corrected chi connectivity index (χ1v) is 7.70. The Bertz CT molecular complexity index is 898. The van der Waals surface area contributed by atoms with Gasteiger partial charge in [0.05, 0.1) is 19.9 Å². The summed E-state index contributed by atoms with van der Waals surface area (Å²) in [5, 5.41) is 0. The molecule has 1 N–H and O–H groups in total. The van der Waals surface area contributed by atoms with Crippen LogP contribution in [0.25, 0.3) is 22.4 Å². The van der Waals surface area contributed by atoms with Crippen LogP contribution in [-0.2, 0) is 9.47 Å². The molecule has 1 aromatic heterocycles. The summed E-state index contributed by atoms with van der Waals surface area (Å²) < 4.78 is 9.75. The van der Waals surface area contributed by atoms with E-state index in [4.69, 9.17) is 9.47 Å². The highest BCUT2D eigenvalue weighted by molar-refractivity contribution is 6.10. The topological polar surface area (TPSA) is 68.4 Å². The molecule has 0 radical (unpaired) electrons. The highest BCUT2D eigenvalue weighted by Crippen LogP contribution is 2.37. The lowest BCUT2D eigenvalue weighted by molar-refractivity contribution is 0.0552. The molecule has 0 aliphatic heterocycles. The largest absolute Gasteiger partial charge is 0.465 e. The molecule has 0 unspecified atom stereocenters. The zero-order valence-corrected chi connectivity index (χ0v) is 13.9. The summed E-state index contributed by atoms with van der Waals surface area (Å²) in [4.78, 5) is 27.7. The fourth-order valence-electron chi connectivity index (χ4n) is 2.78. The Labute approximate surface area is 145 Å². The summed E-state index contributed by atoms with van der Waals surface area (Å²) in [7, 11) is 2.56. The van der Waals surface area contributed by atoms with E-state index >= 15 is 0 Å². The molecule has 126 valence electrons. The van der Waals surface area contributed by atoms with Gasteiger partial charge in [0.1, 0.15) is 11.3 Å². The van der Waals surface area contributed by atoms with Crippen molar-refractivity contribution in [2.45, 2.75) is 0 Å². The zero-order valence-electron chi connectivity index (χ0n) is 13.9. The number of H-pyrrole nitrogens is 1. The Kier molecular flexibility index (Phi) is 4.66. The molecule has 0 fully saturated rings. The smallest absolute Gasteiger partial charge is 0.355 e. The molecule has 0 saturated heterocycles. The SMILES string of the molecule is COC(=O)c1[nH]c(-c2ccccc2)c(-c2ccccc2)c1C(=O)OC. The molecule has 3 aromatic rings. The van der Waals surface area contributed by atoms with Crippen LogP contribution < -0.4 is 0 Å². The molecule has 0 amide bonds. The van der Waals surface area contributed by atoms with E-state index in [9.17, 15) is 9.59 Å². The fourth-order valence-corrected chi connectivity index (χ4v) is 2.78. The quantitative estimate of drug-likeness (QED) is 0.734. The molecular weight excluding hydrogens is 318 g/mol. The molecule has 3 rings (SSSR count). The molecule has 0 atom stereocenters. The normalized spacial score (nSPS) is 10.3. The van der Waals surface area contributed by atoms with Crippen LogP contribution in [0.15, 0.2) is 60.7 Å². The molecule has 2 aromatic carbocycles. The second-order valence-electron chi connectivity index (χ2n) is 5.34. The minimum absolute atomic E-state index is 0.0760. The van der Waals surface area contributed by atoms with E-state index in [1.807, 2.05) is 60.7 Å². The molecule has 0 spiro atoms. The Morgan fingerprint density at radius 1 is 0.760 bits per heavy atom. The van der Waals surface area contributed by atoms with Gasteiger partial charge in [-0.1, -0.05) is 60.7 Å². The monoisotopic (exact) mass is 335 g/mol. The van der Waals surface area contributed by atoms with Crippen molar-refractivity contribution in [1.29, 1.82) is 0 Å². The van der Waals surface area contributed by atoms with Crippen molar-refractivity contribution in [3.63, 3.8) is 0 Å². The predicted octanol–water partition coefficient (Wildman–Crippen LogP) is 3.92. The number of carbonyl (C=O) groups is 2. The van der Waals surface area contributed by atoms with Crippen molar-refractivity contribution >= 4 is 11.9 Å². The second-order valence-corrected chi connectivity index (χ2v) is 5.34. The van der Waals surface area contributed by atoms with Crippen LogP contribution in [0, 0.1) is 0 Å². The van der Waals surface area contributed by atoms with Gasteiger partial charge in [0.15, 0.2) is 0 Å². The van der Waals surface area contributed by atoms with Gasteiger partial charge in [0, 0.05) is 5.56 Å². The summed E-state index contributed by atoms with van der Waals surface area (Å²) in [5.74, 6) is -1.22. The molecule has 25 heavy (non-hydrogen) atoms. The molecule has 0 aliphatic carbocycles. The van der Waals surface area contributed by atoms with Crippen LogP contribution in [-0.4, -0.2) is 31.1 Å². The number of hydrogen-bond acceptors (Lipinski definition) is 4. The average Bonchev–Trinajstić information content (AvgIpc) is 3.08. The van der Waals surface area contributed by atoms with Crippen molar-refractivity contribution in [1.82, 2.24) is 4.98 Å². The highest BCUT2D eigenvalue weighted by atomic mass is 16.5. The Morgan fingerprint density at radius 2 is 1.28 bits per heavy atom. The molecule has 0 aliphatic rings. The third-order valence-electron chi connectivity index (χ3n) is 3.90. The van der Waals surface area contributed by atoms with Crippen molar-refractivity contribution in [2.24, 2.45) is 0 Å². The standard InChI is InChI=1S/C20H17NO4/c1-24-19(22)16-15(13-9-5-3-6-10-13)17(14-11-7-4-8-12-14)21-18(16)20(23)25-2/h3-12,21H,1-2H3. The Balaban J connectivity index is 2.37. The van der Waals surface area contributed by atoms with E-state index in [0.717, 1.165) is 11.1 Å². The van der Waals surface area contributed by atoms with E-state index < -0.39 is 11.9 Å². The van der Waals surface area contributed by atoms with Gasteiger partial charge in [-0.05, 0) is 11.1 Å². The van der Waals surface area contributed by atoms with Crippen molar-refractivity contribution < 1.29 is 19.1 Å². The lowest BCUT2D eigenvalue weighted by atomic mass is 9.97. The van der Waals surface area contributed by atoms with Gasteiger partial charge < -0.3 is 14.5 Å². The third kappa shape index (κ3) is 3.04. The van der Waals surface area contributed by atoms with Crippen LogP contribution in [0.2, 0.25) is 0 Å². The molecule has 1 heterocycles. The number of benzene rings is 2. The minimum Gasteiger partial charge on any atom is -0.465 e. The van der Waals surface area contributed by atoms with E-state index in [1.165, 1.54) is 14.2 Å². The molecule has 0 bridgehead atoms. The van der Waals surface area contributed by atoms with E-state index in [0.29, 0.717) is 11.3 Å². The van der Waals surface area contributed by atoms with Crippen LogP contribution in [0.5, 0.6) is 0 Å². The first kappa shape index (κ1) is 16.5. The number of esters is 2. The second kappa shape index (κ2) is 7.05. The first-order valence-electron chi connectivity index (χ1n) is 7.70. The molecule has 0 saturated carbocycles. The number of nitrogens with one attached hydrogen (secondary N) is 1. The van der Waals surface area contributed by atoms with Crippen LogP contribution in [0.1, 0.15) is 20.8 Å². The van der Waals surface area contributed by atoms with Gasteiger partial charge in [0.2, 0.25) is 0 Å². The van der Waals surface area contributed by atoms with E-state index in [1.54, 1.807) is 0 Å². The lowest BCUT2D eigenvalue weighted by Gasteiger charge is -2.07. The van der Waals surface area contributed by atoms with Gasteiger partial charge in [0.25, 0.3) is 0 Å². The zero-order chi connectivity index (χ0) is 17.8.